The number of rotatable bonds is 3. The molecule has 1 fully saturated rings. The van der Waals surface area contributed by atoms with Gasteiger partial charge in [-0.25, -0.2) is 4.98 Å². The smallest absolute Gasteiger partial charge is 0.111 e. The van der Waals surface area contributed by atoms with E-state index in [0.29, 0.717) is 11.9 Å². The summed E-state index contributed by atoms with van der Waals surface area (Å²) in [4.78, 5) is 4.79. The summed E-state index contributed by atoms with van der Waals surface area (Å²) in [7, 11) is 0. The van der Waals surface area contributed by atoms with E-state index in [1.165, 1.54) is 5.52 Å². The summed E-state index contributed by atoms with van der Waals surface area (Å²) in [5, 5.41) is 0. The first kappa shape index (κ1) is 15.3. The fraction of sp³-hybridized carbons (Fsp3) is 0.562. The predicted molar refractivity (Wildman–Crippen MR) is 90.2 cm³/mol. The number of hydrogen-bond acceptors (Lipinski definition) is 2. The number of halogens is 2. The second-order valence-electron chi connectivity index (χ2n) is 6.22. The van der Waals surface area contributed by atoms with Crippen LogP contribution < -0.4 is 0 Å². The Morgan fingerprint density at radius 3 is 3.00 bits per heavy atom. The molecule has 1 aromatic heterocycles. The van der Waals surface area contributed by atoms with Gasteiger partial charge in [0.2, 0.25) is 0 Å². The Morgan fingerprint density at radius 2 is 2.29 bits per heavy atom. The number of aryl methyl sites for hydroxylation is 1. The van der Waals surface area contributed by atoms with Crippen LogP contribution in [0.25, 0.3) is 11.0 Å². The highest BCUT2D eigenvalue weighted by atomic mass is 79.9. The zero-order valence-electron chi connectivity index (χ0n) is 12.4. The second-order valence-corrected chi connectivity index (χ2v) is 7.52. The normalized spacial score (nSPS) is 21.8. The van der Waals surface area contributed by atoms with Crippen molar-refractivity contribution in [2.24, 2.45) is 0 Å². The number of fused-ring (bicyclic) bond motifs is 1. The number of imidazole rings is 1. The Bertz CT molecular complexity index is 653. The highest BCUT2D eigenvalue weighted by Gasteiger charge is 2.31. The predicted octanol–water partition coefficient (Wildman–Crippen LogP) is 4.71. The van der Waals surface area contributed by atoms with E-state index in [9.17, 15) is 0 Å². The Labute approximate surface area is 138 Å². The van der Waals surface area contributed by atoms with E-state index in [4.69, 9.17) is 21.3 Å². The van der Waals surface area contributed by atoms with Crippen LogP contribution in [0.2, 0.25) is 0 Å². The summed E-state index contributed by atoms with van der Waals surface area (Å²) in [6.45, 7) is 5.13. The SMILES string of the molecule is CC1(C)CC(n2c(CCCl)nc3cc(Br)ccc32)CCO1. The first-order chi connectivity index (χ1) is 10.00. The molecular formula is C16H20BrClN2O. The molecule has 1 aliphatic heterocycles. The van der Waals surface area contributed by atoms with Crippen LogP contribution in [-0.4, -0.2) is 27.6 Å². The molecular weight excluding hydrogens is 352 g/mol. The fourth-order valence-corrected chi connectivity index (χ4v) is 3.73. The maximum atomic E-state index is 5.97. The quantitative estimate of drug-likeness (QED) is 0.731. The van der Waals surface area contributed by atoms with E-state index in [2.05, 4.69) is 52.5 Å². The molecule has 2 aromatic rings. The van der Waals surface area contributed by atoms with E-state index < -0.39 is 0 Å². The first-order valence-electron chi connectivity index (χ1n) is 7.36. The van der Waals surface area contributed by atoms with Gasteiger partial charge in [-0.3, -0.25) is 0 Å². The van der Waals surface area contributed by atoms with Crippen molar-refractivity contribution in [2.75, 3.05) is 12.5 Å². The number of aromatic nitrogens is 2. The molecule has 2 heterocycles. The lowest BCUT2D eigenvalue weighted by Gasteiger charge is -2.37. The maximum Gasteiger partial charge on any atom is 0.111 e. The van der Waals surface area contributed by atoms with Crippen LogP contribution >= 0.6 is 27.5 Å². The molecule has 0 spiro atoms. The third-order valence-corrected chi connectivity index (χ3v) is 4.76. The molecule has 1 saturated heterocycles. The van der Waals surface area contributed by atoms with Crippen LogP contribution in [0.1, 0.15) is 38.6 Å². The molecule has 3 nitrogen and oxygen atoms in total. The summed E-state index contributed by atoms with van der Waals surface area (Å²) in [6, 6.07) is 6.73. The van der Waals surface area contributed by atoms with Crippen LogP contribution in [0.4, 0.5) is 0 Å². The lowest BCUT2D eigenvalue weighted by Crippen LogP contribution is -2.35. The highest BCUT2D eigenvalue weighted by Crippen LogP contribution is 2.35. The van der Waals surface area contributed by atoms with Crippen molar-refractivity contribution < 1.29 is 4.74 Å². The van der Waals surface area contributed by atoms with Crippen molar-refractivity contribution in [3.63, 3.8) is 0 Å². The van der Waals surface area contributed by atoms with Crippen LogP contribution in [0.15, 0.2) is 22.7 Å². The lowest BCUT2D eigenvalue weighted by atomic mass is 9.93. The van der Waals surface area contributed by atoms with Gasteiger partial charge in [0.1, 0.15) is 5.82 Å². The van der Waals surface area contributed by atoms with E-state index in [0.717, 1.165) is 41.7 Å². The van der Waals surface area contributed by atoms with Gasteiger partial charge in [-0.15, -0.1) is 11.6 Å². The Hall–Kier alpha value is -0.580. The zero-order valence-corrected chi connectivity index (χ0v) is 14.7. The van der Waals surface area contributed by atoms with Crippen molar-refractivity contribution in [1.29, 1.82) is 0 Å². The molecule has 0 N–H and O–H groups in total. The molecule has 0 amide bonds. The number of ether oxygens (including phenoxy) is 1. The van der Waals surface area contributed by atoms with Gasteiger partial charge in [0.25, 0.3) is 0 Å². The summed E-state index contributed by atoms with van der Waals surface area (Å²) >= 11 is 9.50. The van der Waals surface area contributed by atoms with Crippen LogP contribution in [0.3, 0.4) is 0 Å². The van der Waals surface area contributed by atoms with Crippen LogP contribution in [0.5, 0.6) is 0 Å². The minimum atomic E-state index is -0.0763. The fourth-order valence-electron chi connectivity index (χ4n) is 3.21. The zero-order chi connectivity index (χ0) is 15.0. The van der Waals surface area contributed by atoms with E-state index in [-0.39, 0.29) is 5.60 Å². The topological polar surface area (TPSA) is 27.1 Å². The summed E-state index contributed by atoms with van der Waals surface area (Å²) in [5.74, 6) is 1.68. The molecule has 0 saturated carbocycles. The van der Waals surface area contributed by atoms with E-state index in [1.54, 1.807) is 0 Å². The third kappa shape index (κ3) is 3.13. The van der Waals surface area contributed by atoms with Gasteiger partial charge < -0.3 is 9.30 Å². The van der Waals surface area contributed by atoms with Gasteiger partial charge in [-0.2, -0.15) is 0 Å². The van der Waals surface area contributed by atoms with E-state index >= 15 is 0 Å². The highest BCUT2D eigenvalue weighted by molar-refractivity contribution is 9.10. The van der Waals surface area contributed by atoms with Gasteiger partial charge in [0.15, 0.2) is 0 Å². The average Bonchev–Trinajstić information content (AvgIpc) is 2.75. The van der Waals surface area contributed by atoms with Crippen molar-refractivity contribution in [2.45, 2.75) is 44.8 Å². The van der Waals surface area contributed by atoms with Crippen molar-refractivity contribution in [3.8, 4) is 0 Å². The molecule has 0 radical (unpaired) electrons. The molecule has 1 unspecified atom stereocenters. The van der Waals surface area contributed by atoms with Gasteiger partial charge >= 0.3 is 0 Å². The standard InChI is InChI=1S/C16H20BrClN2O/c1-16(2)10-12(6-8-21-16)20-14-4-3-11(17)9-13(14)19-15(20)5-7-18/h3-4,9,12H,5-8,10H2,1-2H3. The minimum absolute atomic E-state index is 0.0763. The van der Waals surface area contributed by atoms with Gasteiger partial charge in [0.05, 0.1) is 16.6 Å². The molecule has 114 valence electrons. The number of benzene rings is 1. The number of hydrogen-bond donors (Lipinski definition) is 0. The molecule has 1 aliphatic rings. The monoisotopic (exact) mass is 370 g/mol. The van der Waals surface area contributed by atoms with Crippen molar-refractivity contribution in [1.82, 2.24) is 9.55 Å². The second kappa shape index (κ2) is 5.90. The van der Waals surface area contributed by atoms with Crippen LogP contribution in [0, 0.1) is 0 Å². The Balaban J connectivity index is 2.08. The first-order valence-corrected chi connectivity index (χ1v) is 8.69. The summed E-state index contributed by atoms with van der Waals surface area (Å²) < 4.78 is 9.30. The molecule has 0 aliphatic carbocycles. The largest absolute Gasteiger partial charge is 0.375 e. The van der Waals surface area contributed by atoms with E-state index in [1.807, 2.05) is 0 Å². The molecule has 1 atom stereocenters. The molecule has 3 rings (SSSR count). The van der Waals surface area contributed by atoms with Gasteiger partial charge in [0, 0.05) is 29.4 Å². The average molecular weight is 372 g/mol. The Morgan fingerprint density at radius 1 is 1.48 bits per heavy atom. The number of alkyl halides is 1. The van der Waals surface area contributed by atoms with Crippen molar-refractivity contribution in [3.05, 3.63) is 28.5 Å². The molecule has 5 heteroatoms. The van der Waals surface area contributed by atoms with Crippen molar-refractivity contribution >= 4 is 38.6 Å². The van der Waals surface area contributed by atoms with Crippen LogP contribution in [-0.2, 0) is 11.2 Å². The molecule has 21 heavy (non-hydrogen) atoms. The van der Waals surface area contributed by atoms with Gasteiger partial charge in [-0.05, 0) is 44.9 Å². The minimum Gasteiger partial charge on any atom is -0.375 e. The van der Waals surface area contributed by atoms with Gasteiger partial charge in [-0.1, -0.05) is 15.9 Å². The summed E-state index contributed by atoms with van der Waals surface area (Å²) in [5.41, 5.74) is 2.16. The summed E-state index contributed by atoms with van der Waals surface area (Å²) in [6.07, 6.45) is 2.83. The third-order valence-electron chi connectivity index (χ3n) is 4.08. The number of nitrogens with zero attached hydrogens (tertiary/aromatic N) is 2. The molecule has 1 aromatic carbocycles. The lowest BCUT2D eigenvalue weighted by molar-refractivity contribution is -0.0688. The maximum absolute atomic E-state index is 5.97. The molecule has 0 bridgehead atoms. The Kier molecular flexibility index (Phi) is 4.30.